The number of aromatic nitrogens is 1. The van der Waals surface area contributed by atoms with Crippen LogP contribution in [0.1, 0.15) is 56.3 Å². The first-order valence-corrected chi connectivity index (χ1v) is 7.09. The van der Waals surface area contributed by atoms with Crippen LogP contribution in [-0.4, -0.2) is 17.1 Å². The molecule has 1 aromatic rings. The fourth-order valence-corrected chi connectivity index (χ4v) is 4.13. The summed E-state index contributed by atoms with van der Waals surface area (Å²) in [6.07, 6.45) is 3.58. The summed E-state index contributed by atoms with van der Waals surface area (Å²) in [6.45, 7) is 8.80. The van der Waals surface area contributed by atoms with E-state index in [-0.39, 0.29) is 17.4 Å². The molecule has 4 heteroatoms. The molecule has 2 aliphatic carbocycles. The first-order valence-electron chi connectivity index (χ1n) is 7.09. The maximum absolute atomic E-state index is 12.2. The van der Waals surface area contributed by atoms with Crippen molar-refractivity contribution >= 4 is 5.91 Å². The molecule has 1 amide bonds. The molecule has 0 aromatic carbocycles. The van der Waals surface area contributed by atoms with Gasteiger partial charge in [-0.05, 0) is 42.9 Å². The van der Waals surface area contributed by atoms with Crippen molar-refractivity contribution in [2.75, 3.05) is 0 Å². The third-order valence-corrected chi connectivity index (χ3v) is 5.96. The largest absolute Gasteiger partial charge is 0.361 e. The van der Waals surface area contributed by atoms with Crippen LogP contribution in [0.5, 0.6) is 0 Å². The minimum Gasteiger partial charge on any atom is -0.361 e. The molecular weight excluding hydrogens is 240 g/mol. The average molecular weight is 262 g/mol. The lowest BCUT2D eigenvalue weighted by Gasteiger charge is -2.39. The first-order chi connectivity index (χ1) is 8.84. The Morgan fingerprint density at radius 1 is 1.47 bits per heavy atom. The molecule has 0 radical (unpaired) electrons. The molecule has 0 unspecified atom stereocenters. The summed E-state index contributed by atoms with van der Waals surface area (Å²) in [7, 11) is 0. The Kier molecular flexibility index (Phi) is 2.57. The topological polar surface area (TPSA) is 55.1 Å². The fourth-order valence-electron chi connectivity index (χ4n) is 4.13. The molecule has 1 aromatic heterocycles. The van der Waals surface area contributed by atoms with Gasteiger partial charge in [-0.1, -0.05) is 25.9 Å². The van der Waals surface area contributed by atoms with Gasteiger partial charge >= 0.3 is 0 Å². The van der Waals surface area contributed by atoms with Crippen molar-refractivity contribution in [3.05, 3.63) is 17.5 Å². The molecule has 3 atom stereocenters. The van der Waals surface area contributed by atoms with E-state index in [1.807, 2.05) is 0 Å². The van der Waals surface area contributed by atoms with Crippen molar-refractivity contribution in [2.45, 2.75) is 53.0 Å². The third kappa shape index (κ3) is 1.65. The smallest absolute Gasteiger partial charge is 0.273 e. The van der Waals surface area contributed by atoms with Crippen molar-refractivity contribution in [1.29, 1.82) is 0 Å². The van der Waals surface area contributed by atoms with E-state index in [0.29, 0.717) is 16.9 Å². The second-order valence-electron chi connectivity index (χ2n) is 6.96. The molecule has 0 spiro atoms. The van der Waals surface area contributed by atoms with Gasteiger partial charge in [0.2, 0.25) is 0 Å². The van der Waals surface area contributed by atoms with Crippen LogP contribution in [0.3, 0.4) is 0 Å². The zero-order valence-corrected chi connectivity index (χ0v) is 12.1. The number of carbonyl (C=O) groups excluding carboxylic acids is 1. The van der Waals surface area contributed by atoms with E-state index in [9.17, 15) is 4.79 Å². The number of nitrogens with one attached hydrogen (secondary N) is 1. The molecule has 104 valence electrons. The summed E-state index contributed by atoms with van der Waals surface area (Å²) < 4.78 is 4.97. The minimum atomic E-state index is -0.105. The molecule has 2 bridgehead atoms. The number of aryl methyl sites for hydroxylation is 1. The molecule has 4 nitrogen and oxygen atoms in total. The van der Waals surface area contributed by atoms with E-state index in [1.54, 1.807) is 13.0 Å². The number of fused-ring (bicyclic) bond motifs is 2. The SMILES string of the molecule is Cc1cc(C(=O)N[C@H]2C[C@H]3CC[C@@]2(C)C3(C)C)no1. The predicted molar refractivity (Wildman–Crippen MR) is 71.7 cm³/mol. The summed E-state index contributed by atoms with van der Waals surface area (Å²) in [5.74, 6) is 1.29. The summed E-state index contributed by atoms with van der Waals surface area (Å²) >= 11 is 0. The van der Waals surface area contributed by atoms with Gasteiger partial charge in [-0.2, -0.15) is 0 Å². The van der Waals surface area contributed by atoms with Gasteiger partial charge in [0.1, 0.15) is 5.76 Å². The highest BCUT2D eigenvalue weighted by molar-refractivity contribution is 5.92. The molecule has 3 rings (SSSR count). The maximum atomic E-state index is 12.2. The summed E-state index contributed by atoms with van der Waals surface area (Å²) in [4.78, 5) is 12.2. The maximum Gasteiger partial charge on any atom is 0.273 e. The Morgan fingerprint density at radius 3 is 2.68 bits per heavy atom. The Bertz CT molecular complexity index is 520. The molecule has 19 heavy (non-hydrogen) atoms. The van der Waals surface area contributed by atoms with Crippen LogP contribution in [-0.2, 0) is 0 Å². The standard InChI is InChI=1S/C15H22N2O2/c1-9-7-11(17-19-9)13(18)16-12-8-10-5-6-15(12,4)14(10,2)3/h7,10,12H,5-6,8H2,1-4H3,(H,16,18)/t10-,12+,15-/m1/s1. The van der Waals surface area contributed by atoms with Crippen molar-refractivity contribution in [3.63, 3.8) is 0 Å². The second kappa shape index (κ2) is 3.84. The highest BCUT2D eigenvalue weighted by atomic mass is 16.5. The first kappa shape index (κ1) is 12.7. The lowest BCUT2D eigenvalue weighted by molar-refractivity contribution is 0.0818. The summed E-state index contributed by atoms with van der Waals surface area (Å²) in [6, 6.07) is 1.95. The van der Waals surface area contributed by atoms with Crippen LogP contribution in [0.2, 0.25) is 0 Å². The molecule has 1 N–H and O–H groups in total. The van der Waals surface area contributed by atoms with E-state index in [2.05, 4.69) is 31.2 Å². The number of carbonyl (C=O) groups is 1. The van der Waals surface area contributed by atoms with Crippen LogP contribution in [0, 0.1) is 23.7 Å². The van der Waals surface area contributed by atoms with Gasteiger partial charge in [0.05, 0.1) is 0 Å². The van der Waals surface area contributed by atoms with Gasteiger partial charge < -0.3 is 9.84 Å². The van der Waals surface area contributed by atoms with Crippen LogP contribution in [0.4, 0.5) is 0 Å². The fraction of sp³-hybridized carbons (Fsp3) is 0.733. The van der Waals surface area contributed by atoms with Crippen molar-refractivity contribution in [2.24, 2.45) is 16.7 Å². The quantitative estimate of drug-likeness (QED) is 0.891. The monoisotopic (exact) mass is 262 g/mol. The molecule has 1 heterocycles. The highest BCUT2D eigenvalue weighted by Crippen LogP contribution is 2.65. The van der Waals surface area contributed by atoms with Crippen LogP contribution >= 0.6 is 0 Å². The molecular formula is C15H22N2O2. The number of nitrogens with zero attached hydrogens (tertiary/aromatic N) is 1. The van der Waals surface area contributed by atoms with E-state index in [4.69, 9.17) is 4.52 Å². The van der Waals surface area contributed by atoms with E-state index in [0.717, 1.165) is 12.3 Å². The predicted octanol–water partition coefficient (Wildman–Crippen LogP) is 2.93. The molecule has 0 saturated heterocycles. The zero-order valence-electron chi connectivity index (χ0n) is 12.1. The van der Waals surface area contributed by atoms with Gasteiger partial charge in [-0.25, -0.2) is 0 Å². The van der Waals surface area contributed by atoms with Crippen LogP contribution < -0.4 is 5.32 Å². The van der Waals surface area contributed by atoms with Crippen molar-refractivity contribution < 1.29 is 9.32 Å². The summed E-state index contributed by atoms with van der Waals surface area (Å²) in [5.41, 5.74) is 0.901. The van der Waals surface area contributed by atoms with Crippen LogP contribution in [0.25, 0.3) is 0 Å². The summed E-state index contributed by atoms with van der Waals surface area (Å²) in [5, 5.41) is 6.97. The molecule has 2 fully saturated rings. The van der Waals surface area contributed by atoms with Crippen LogP contribution in [0.15, 0.2) is 10.6 Å². The Morgan fingerprint density at radius 2 is 2.21 bits per heavy atom. The van der Waals surface area contributed by atoms with Gasteiger partial charge in [-0.3, -0.25) is 4.79 Å². The number of rotatable bonds is 2. The lowest BCUT2D eigenvalue weighted by atomic mass is 9.69. The third-order valence-electron chi connectivity index (χ3n) is 5.96. The van der Waals surface area contributed by atoms with Gasteiger partial charge in [0.25, 0.3) is 5.91 Å². The number of hydrogen-bond donors (Lipinski definition) is 1. The number of hydrogen-bond acceptors (Lipinski definition) is 3. The highest BCUT2D eigenvalue weighted by Gasteiger charge is 2.61. The average Bonchev–Trinajstić information content (AvgIpc) is 2.91. The number of amides is 1. The normalized spacial score (nSPS) is 35.6. The second-order valence-corrected chi connectivity index (χ2v) is 6.96. The lowest BCUT2D eigenvalue weighted by Crippen LogP contribution is -2.46. The Balaban J connectivity index is 1.77. The van der Waals surface area contributed by atoms with E-state index in [1.165, 1.54) is 12.8 Å². The van der Waals surface area contributed by atoms with Crippen molar-refractivity contribution in [3.8, 4) is 0 Å². The minimum absolute atomic E-state index is 0.105. The molecule has 2 aliphatic rings. The van der Waals surface area contributed by atoms with Crippen molar-refractivity contribution in [1.82, 2.24) is 10.5 Å². The zero-order chi connectivity index (χ0) is 13.8. The van der Waals surface area contributed by atoms with Gasteiger partial charge in [0.15, 0.2) is 5.69 Å². The Hall–Kier alpha value is -1.32. The molecule has 2 saturated carbocycles. The molecule has 0 aliphatic heterocycles. The Labute approximate surface area is 113 Å². The van der Waals surface area contributed by atoms with Gasteiger partial charge in [-0.15, -0.1) is 0 Å². The van der Waals surface area contributed by atoms with E-state index < -0.39 is 0 Å². The van der Waals surface area contributed by atoms with E-state index >= 15 is 0 Å². The van der Waals surface area contributed by atoms with Gasteiger partial charge in [0, 0.05) is 12.1 Å².